The third kappa shape index (κ3) is 6.72. The summed E-state index contributed by atoms with van der Waals surface area (Å²) in [6, 6.07) is 31.2. The van der Waals surface area contributed by atoms with Crippen LogP contribution in [0.3, 0.4) is 0 Å². The van der Waals surface area contributed by atoms with Gasteiger partial charge in [-0.1, -0.05) is 116 Å². The molecule has 0 aliphatic carbocycles. The summed E-state index contributed by atoms with van der Waals surface area (Å²) in [5, 5.41) is 14.0. The molecule has 1 atom stereocenters. The number of hydrogen-bond acceptors (Lipinski definition) is 5. The van der Waals surface area contributed by atoms with Crippen molar-refractivity contribution in [1.29, 1.82) is 0 Å². The van der Waals surface area contributed by atoms with E-state index in [0.29, 0.717) is 17.3 Å². The van der Waals surface area contributed by atoms with Crippen molar-refractivity contribution in [1.82, 2.24) is 10.1 Å². The van der Waals surface area contributed by atoms with Crippen molar-refractivity contribution in [3.8, 4) is 34.0 Å². The Labute approximate surface area is 246 Å². The monoisotopic (exact) mass is 558 g/mol. The van der Waals surface area contributed by atoms with Crippen molar-refractivity contribution in [2.75, 3.05) is 0 Å². The minimum atomic E-state index is -0.991. The van der Waals surface area contributed by atoms with Crippen LogP contribution in [0.5, 0.6) is 0 Å². The largest absolute Gasteiger partial charge is 0.481 e. The van der Waals surface area contributed by atoms with Gasteiger partial charge in [-0.05, 0) is 53.1 Å². The Hall–Kier alpha value is -4.84. The van der Waals surface area contributed by atoms with E-state index in [0.717, 1.165) is 33.4 Å². The maximum Gasteiger partial charge on any atom is 0.307 e. The van der Waals surface area contributed by atoms with Crippen molar-refractivity contribution in [2.45, 2.75) is 46.0 Å². The second kappa shape index (κ2) is 12.0. The van der Waals surface area contributed by atoms with E-state index in [4.69, 9.17) is 4.52 Å². The summed E-state index contributed by atoms with van der Waals surface area (Å²) in [6.07, 6.45) is 0.176. The summed E-state index contributed by atoms with van der Waals surface area (Å²) >= 11 is 0. The number of carboxylic acids is 1. The van der Waals surface area contributed by atoms with Gasteiger partial charge < -0.3 is 9.63 Å². The van der Waals surface area contributed by atoms with Gasteiger partial charge >= 0.3 is 5.97 Å². The van der Waals surface area contributed by atoms with Gasteiger partial charge in [-0.3, -0.25) is 9.59 Å². The van der Waals surface area contributed by atoms with Crippen molar-refractivity contribution < 1.29 is 19.2 Å². The first-order valence-electron chi connectivity index (χ1n) is 14.0. The van der Waals surface area contributed by atoms with E-state index < -0.39 is 11.9 Å². The van der Waals surface area contributed by atoms with Gasteiger partial charge in [0.25, 0.3) is 5.89 Å². The molecule has 0 radical (unpaired) electrons. The fourth-order valence-corrected chi connectivity index (χ4v) is 4.91. The Kier molecular flexibility index (Phi) is 8.16. The van der Waals surface area contributed by atoms with Gasteiger partial charge in [0.15, 0.2) is 5.78 Å². The van der Waals surface area contributed by atoms with E-state index in [9.17, 15) is 14.7 Å². The minimum absolute atomic E-state index is 0.0200. The lowest BCUT2D eigenvalue weighted by atomic mass is 9.86. The van der Waals surface area contributed by atoms with Gasteiger partial charge in [0.1, 0.15) is 0 Å². The molecule has 6 nitrogen and oxygen atoms in total. The number of ketones is 1. The van der Waals surface area contributed by atoms with Crippen LogP contribution in [-0.2, 0) is 16.6 Å². The molecule has 0 saturated heterocycles. The standard InChI is InChI=1S/C36H34N2O4/c1-23-6-5-7-29(20-23)25-12-14-28(15-13-25)34-37-33(38-42-34)27-10-8-24(9-11-27)21-30(35(40)41)22-32(39)26-16-18-31(19-17-26)36(2,3)4/h5-20,30H,21-22H2,1-4H3,(H,40,41)/t30-/m1/s1. The number of carbonyl (C=O) groups is 2. The van der Waals surface area contributed by atoms with E-state index in [2.05, 4.69) is 56.0 Å². The number of aryl methyl sites for hydroxylation is 1. The van der Waals surface area contributed by atoms with Crippen molar-refractivity contribution in [2.24, 2.45) is 5.92 Å². The van der Waals surface area contributed by atoms with Crippen LogP contribution >= 0.6 is 0 Å². The number of aromatic nitrogens is 2. The molecule has 1 aromatic heterocycles. The first-order chi connectivity index (χ1) is 20.1. The molecule has 1 heterocycles. The van der Waals surface area contributed by atoms with E-state index >= 15 is 0 Å². The highest BCUT2D eigenvalue weighted by Crippen LogP contribution is 2.27. The zero-order valence-electron chi connectivity index (χ0n) is 24.3. The van der Waals surface area contributed by atoms with Crippen molar-refractivity contribution in [3.63, 3.8) is 0 Å². The molecule has 42 heavy (non-hydrogen) atoms. The maximum atomic E-state index is 12.9. The molecule has 4 aromatic carbocycles. The number of carbonyl (C=O) groups excluding carboxylic acids is 1. The third-order valence-corrected chi connectivity index (χ3v) is 7.46. The Morgan fingerprint density at radius 1 is 0.810 bits per heavy atom. The summed E-state index contributed by atoms with van der Waals surface area (Å²) in [4.78, 5) is 29.5. The predicted molar refractivity (Wildman–Crippen MR) is 164 cm³/mol. The molecule has 0 fully saturated rings. The first-order valence-corrected chi connectivity index (χ1v) is 14.0. The number of hydrogen-bond donors (Lipinski definition) is 1. The lowest BCUT2D eigenvalue weighted by Gasteiger charge is -2.19. The second-order valence-electron chi connectivity index (χ2n) is 11.8. The summed E-state index contributed by atoms with van der Waals surface area (Å²) < 4.78 is 5.53. The topological polar surface area (TPSA) is 93.3 Å². The number of rotatable bonds is 9. The summed E-state index contributed by atoms with van der Waals surface area (Å²) in [5.74, 6) is -1.13. The third-order valence-electron chi connectivity index (χ3n) is 7.46. The van der Waals surface area contributed by atoms with Crippen LogP contribution in [0.4, 0.5) is 0 Å². The van der Waals surface area contributed by atoms with Crippen LogP contribution in [0.15, 0.2) is 102 Å². The fraction of sp³-hybridized carbons (Fsp3) is 0.222. The van der Waals surface area contributed by atoms with Crippen LogP contribution < -0.4 is 0 Å². The Balaban J connectivity index is 1.24. The van der Waals surface area contributed by atoms with E-state index in [1.807, 2.05) is 66.7 Å². The lowest BCUT2D eigenvalue weighted by molar-refractivity contribution is -0.141. The predicted octanol–water partition coefficient (Wildman–Crippen LogP) is 8.19. The molecule has 0 aliphatic heterocycles. The zero-order chi connectivity index (χ0) is 29.9. The summed E-state index contributed by atoms with van der Waals surface area (Å²) in [6.45, 7) is 8.40. The van der Waals surface area contributed by atoms with Crippen molar-refractivity contribution in [3.05, 3.63) is 119 Å². The van der Waals surface area contributed by atoms with Crippen LogP contribution in [0.25, 0.3) is 34.0 Å². The van der Waals surface area contributed by atoms with E-state index in [-0.39, 0.29) is 24.0 Å². The highest BCUT2D eigenvalue weighted by Gasteiger charge is 2.23. The zero-order valence-corrected chi connectivity index (χ0v) is 24.3. The lowest BCUT2D eigenvalue weighted by Crippen LogP contribution is -2.20. The molecule has 0 aliphatic rings. The molecular formula is C36H34N2O4. The molecule has 6 heteroatoms. The summed E-state index contributed by atoms with van der Waals surface area (Å²) in [5.41, 5.74) is 7.50. The smallest absolute Gasteiger partial charge is 0.307 e. The number of nitrogens with zero attached hydrogens (tertiary/aromatic N) is 2. The molecule has 5 rings (SSSR count). The molecule has 1 N–H and O–H groups in total. The Morgan fingerprint density at radius 2 is 1.45 bits per heavy atom. The first kappa shape index (κ1) is 28.7. The second-order valence-corrected chi connectivity index (χ2v) is 11.8. The highest BCUT2D eigenvalue weighted by atomic mass is 16.5. The molecular weight excluding hydrogens is 524 g/mol. The molecule has 0 bridgehead atoms. The van der Waals surface area contributed by atoms with Crippen LogP contribution in [0, 0.1) is 12.8 Å². The van der Waals surface area contributed by atoms with Crippen LogP contribution in [0.2, 0.25) is 0 Å². The van der Waals surface area contributed by atoms with Gasteiger partial charge in [-0.15, -0.1) is 0 Å². The van der Waals surface area contributed by atoms with Gasteiger partial charge in [0.2, 0.25) is 5.82 Å². The number of Topliss-reactive ketones (excluding diaryl/α,β-unsaturated/α-hetero) is 1. The average Bonchev–Trinajstić information content (AvgIpc) is 3.47. The SMILES string of the molecule is Cc1cccc(-c2ccc(-c3nc(-c4ccc(C[C@H](CC(=O)c5ccc(C(C)(C)C)cc5)C(=O)O)cc4)no3)cc2)c1. The molecule has 0 unspecified atom stereocenters. The molecule has 0 spiro atoms. The fourth-order valence-electron chi connectivity index (χ4n) is 4.91. The van der Waals surface area contributed by atoms with Gasteiger partial charge in [-0.2, -0.15) is 4.98 Å². The van der Waals surface area contributed by atoms with Gasteiger partial charge in [-0.25, -0.2) is 0 Å². The van der Waals surface area contributed by atoms with Gasteiger partial charge in [0, 0.05) is 23.1 Å². The highest BCUT2D eigenvalue weighted by molar-refractivity contribution is 5.98. The quantitative estimate of drug-likeness (QED) is 0.183. The Bertz CT molecular complexity index is 1690. The molecule has 0 saturated carbocycles. The molecule has 212 valence electrons. The molecule has 5 aromatic rings. The van der Waals surface area contributed by atoms with Crippen LogP contribution in [-0.4, -0.2) is 27.0 Å². The Morgan fingerprint density at radius 3 is 2.07 bits per heavy atom. The average molecular weight is 559 g/mol. The molecule has 0 amide bonds. The summed E-state index contributed by atoms with van der Waals surface area (Å²) in [7, 11) is 0. The number of benzene rings is 4. The van der Waals surface area contributed by atoms with Crippen LogP contribution in [0.1, 0.15) is 54.2 Å². The van der Waals surface area contributed by atoms with Gasteiger partial charge in [0.05, 0.1) is 5.92 Å². The van der Waals surface area contributed by atoms with E-state index in [1.54, 1.807) is 12.1 Å². The number of carboxylic acid groups (broad SMARTS) is 1. The van der Waals surface area contributed by atoms with Crippen molar-refractivity contribution >= 4 is 11.8 Å². The normalized spacial score (nSPS) is 12.2. The maximum absolute atomic E-state index is 12.9. The minimum Gasteiger partial charge on any atom is -0.481 e. The number of aliphatic carboxylic acids is 1. The van der Waals surface area contributed by atoms with E-state index in [1.165, 1.54) is 5.56 Å².